The zero-order chi connectivity index (χ0) is 13.2. The molecule has 0 radical (unpaired) electrons. The van der Waals surface area contributed by atoms with Gasteiger partial charge in [-0.15, -0.1) is 0 Å². The van der Waals surface area contributed by atoms with Gasteiger partial charge in [-0.25, -0.2) is 4.98 Å². The van der Waals surface area contributed by atoms with Gasteiger partial charge in [0.1, 0.15) is 0 Å². The van der Waals surface area contributed by atoms with Crippen LogP contribution in [0.4, 0.5) is 0 Å². The van der Waals surface area contributed by atoms with Gasteiger partial charge < -0.3 is 9.73 Å². The van der Waals surface area contributed by atoms with E-state index in [9.17, 15) is 4.79 Å². The highest BCUT2D eigenvalue weighted by atomic mass is 16.3. The number of aromatic nitrogens is 1. The molecule has 1 aromatic heterocycles. The fourth-order valence-electron chi connectivity index (χ4n) is 1.60. The maximum Gasteiger partial charge on any atom is 0.274 e. The molecule has 1 aromatic carbocycles. The van der Waals surface area contributed by atoms with Gasteiger partial charge in [0.15, 0.2) is 17.8 Å². The molecule has 94 valence electrons. The van der Waals surface area contributed by atoms with Crippen molar-refractivity contribution in [2.45, 2.75) is 26.3 Å². The highest BCUT2D eigenvalue weighted by Gasteiger charge is 2.22. The van der Waals surface area contributed by atoms with Gasteiger partial charge >= 0.3 is 0 Å². The molecule has 0 aliphatic rings. The normalized spacial score (nSPS) is 11.3. The maximum absolute atomic E-state index is 12.1. The summed E-state index contributed by atoms with van der Waals surface area (Å²) in [5.41, 5.74) is 0.856. The summed E-state index contributed by atoms with van der Waals surface area (Å²) in [6.07, 6.45) is 1.29. The number of amides is 1. The lowest BCUT2D eigenvalue weighted by Crippen LogP contribution is -2.40. The lowest BCUT2D eigenvalue weighted by Gasteiger charge is -2.19. The molecule has 0 spiro atoms. The molecule has 2 aromatic rings. The third-order valence-electron chi connectivity index (χ3n) is 2.31. The van der Waals surface area contributed by atoms with Crippen LogP contribution in [0, 0.1) is 0 Å². The predicted octanol–water partition coefficient (Wildman–Crippen LogP) is 2.87. The molecule has 18 heavy (non-hydrogen) atoms. The molecular weight excluding hydrogens is 228 g/mol. The summed E-state index contributed by atoms with van der Waals surface area (Å²) in [5.74, 6) is 0.271. The Bertz CT molecular complexity index is 538. The number of nitrogens with one attached hydrogen (secondary N) is 1. The Balaban J connectivity index is 2.32. The molecule has 1 N–H and O–H groups in total. The van der Waals surface area contributed by atoms with Gasteiger partial charge in [0.25, 0.3) is 5.91 Å². The van der Waals surface area contributed by atoms with Gasteiger partial charge in [0, 0.05) is 11.1 Å². The smallest absolute Gasteiger partial charge is 0.274 e. The number of nitrogens with zero attached hydrogens (tertiary/aromatic N) is 1. The van der Waals surface area contributed by atoms with E-state index in [0.717, 1.165) is 5.56 Å². The Morgan fingerprint density at radius 1 is 1.22 bits per heavy atom. The van der Waals surface area contributed by atoms with Crippen molar-refractivity contribution in [2.75, 3.05) is 0 Å². The molecule has 2 rings (SSSR count). The minimum atomic E-state index is -0.302. The second-order valence-corrected chi connectivity index (χ2v) is 5.10. The summed E-state index contributed by atoms with van der Waals surface area (Å²) in [6, 6.07) is 9.46. The largest absolute Gasteiger partial charge is 0.443 e. The van der Waals surface area contributed by atoms with E-state index in [2.05, 4.69) is 10.3 Å². The van der Waals surface area contributed by atoms with Crippen LogP contribution < -0.4 is 5.32 Å². The van der Waals surface area contributed by atoms with E-state index in [1.54, 1.807) is 0 Å². The molecular formula is C14H16N2O2. The zero-order valence-electron chi connectivity index (χ0n) is 10.7. The molecule has 0 aliphatic carbocycles. The Labute approximate surface area is 106 Å². The highest BCUT2D eigenvalue weighted by molar-refractivity contribution is 5.97. The first-order chi connectivity index (χ1) is 8.47. The Kier molecular flexibility index (Phi) is 3.19. The van der Waals surface area contributed by atoms with E-state index in [1.807, 2.05) is 51.1 Å². The summed E-state index contributed by atoms with van der Waals surface area (Å²) >= 11 is 0. The summed E-state index contributed by atoms with van der Waals surface area (Å²) in [4.78, 5) is 16.1. The number of carbonyl (C=O) groups excluding carboxylic acids is 1. The van der Waals surface area contributed by atoms with E-state index in [1.165, 1.54) is 6.39 Å². The summed E-state index contributed by atoms with van der Waals surface area (Å²) in [5, 5.41) is 2.87. The fourth-order valence-corrected chi connectivity index (χ4v) is 1.60. The average molecular weight is 244 g/mol. The quantitative estimate of drug-likeness (QED) is 0.883. The molecule has 4 heteroatoms. The van der Waals surface area contributed by atoms with E-state index >= 15 is 0 Å². The third kappa shape index (κ3) is 2.77. The highest BCUT2D eigenvalue weighted by Crippen LogP contribution is 2.22. The number of carbonyl (C=O) groups is 1. The molecule has 0 aliphatic heterocycles. The molecule has 0 fully saturated rings. The summed E-state index contributed by atoms with van der Waals surface area (Å²) < 4.78 is 5.31. The first-order valence-corrected chi connectivity index (χ1v) is 5.79. The second-order valence-electron chi connectivity index (χ2n) is 5.10. The van der Waals surface area contributed by atoms with Crippen LogP contribution in [0.25, 0.3) is 11.3 Å². The van der Waals surface area contributed by atoms with Crippen molar-refractivity contribution < 1.29 is 9.21 Å². The summed E-state index contributed by atoms with van der Waals surface area (Å²) in [7, 11) is 0. The topological polar surface area (TPSA) is 55.1 Å². The van der Waals surface area contributed by atoms with Crippen molar-refractivity contribution >= 4 is 5.91 Å². The fraction of sp³-hybridized carbons (Fsp3) is 0.286. The standard InChI is InChI=1S/C14H16N2O2/c1-14(2,3)16-13(17)11-12(18-9-15-11)10-7-5-4-6-8-10/h4-9H,1-3H3,(H,16,17). The SMILES string of the molecule is CC(C)(C)NC(=O)c1ncoc1-c1ccccc1. The molecule has 0 unspecified atom stereocenters. The monoisotopic (exact) mass is 244 g/mol. The predicted molar refractivity (Wildman–Crippen MR) is 69.2 cm³/mol. The molecule has 1 heterocycles. The number of hydrogen-bond donors (Lipinski definition) is 1. The van der Waals surface area contributed by atoms with E-state index in [0.29, 0.717) is 11.5 Å². The van der Waals surface area contributed by atoms with Crippen LogP contribution in [0.3, 0.4) is 0 Å². The van der Waals surface area contributed by atoms with Crippen molar-refractivity contribution in [1.82, 2.24) is 10.3 Å². The number of oxazole rings is 1. The van der Waals surface area contributed by atoms with Crippen molar-refractivity contribution in [3.63, 3.8) is 0 Å². The number of rotatable bonds is 2. The van der Waals surface area contributed by atoms with Gasteiger partial charge in [0.2, 0.25) is 0 Å². The van der Waals surface area contributed by atoms with Gasteiger partial charge in [-0.05, 0) is 20.8 Å². The van der Waals surface area contributed by atoms with Crippen LogP contribution in [-0.2, 0) is 0 Å². The van der Waals surface area contributed by atoms with Crippen molar-refractivity contribution in [2.24, 2.45) is 0 Å². The van der Waals surface area contributed by atoms with Crippen molar-refractivity contribution in [3.05, 3.63) is 42.4 Å². The lowest BCUT2D eigenvalue weighted by molar-refractivity contribution is 0.0915. The van der Waals surface area contributed by atoms with E-state index < -0.39 is 0 Å². The summed E-state index contributed by atoms with van der Waals surface area (Å²) in [6.45, 7) is 5.77. The van der Waals surface area contributed by atoms with Crippen LogP contribution in [0.2, 0.25) is 0 Å². The minimum absolute atomic E-state index is 0.227. The Morgan fingerprint density at radius 2 is 1.89 bits per heavy atom. The molecule has 0 saturated carbocycles. The van der Waals surface area contributed by atoms with Gasteiger partial charge in [-0.1, -0.05) is 30.3 Å². The molecule has 0 bridgehead atoms. The van der Waals surface area contributed by atoms with Gasteiger partial charge in [-0.3, -0.25) is 4.79 Å². The van der Waals surface area contributed by atoms with Crippen molar-refractivity contribution in [3.8, 4) is 11.3 Å². The molecule has 1 amide bonds. The molecule has 4 nitrogen and oxygen atoms in total. The van der Waals surface area contributed by atoms with Crippen LogP contribution in [-0.4, -0.2) is 16.4 Å². The van der Waals surface area contributed by atoms with Gasteiger partial charge in [-0.2, -0.15) is 0 Å². The van der Waals surface area contributed by atoms with Crippen LogP contribution in [0.1, 0.15) is 31.3 Å². The van der Waals surface area contributed by atoms with Crippen LogP contribution in [0.5, 0.6) is 0 Å². The molecule has 0 atom stereocenters. The first kappa shape index (κ1) is 12.4. The Morgan fingerprint density at radius 3 is 2.50 bits per heavy atom. The number of hydrogen-bond acceptors (Lipinski definition) is 3. The molecule has 0 saturated heterocycles. The van der Waals surface area contributed by atoms with Crippen LogP contribution >= 0.6 is 0 Å². The number of benzene rings is 1. The Hall–Kier alpha value is -2.10. The first-order valence-electron chi connectivity index (χ1n) is 5.79. The van der Waals surface area contributed by atoms with E-state index in [4.69, 9.17) is 4.42 Å². The third-order valence-corrected chi connectivity index (χ3v) is 2.31. The van der Waals surface area contributed by atoms with Gasteiger partial charge in [0.05, 0.1) is 0 Å². The zero-order valence-corrected chi connectivity index (χ0v) is 10.7. The second kappa shape index (κ2) is 4.64. The maximum atomic E-state index is 12.1. The minimum Gasteiger partial charge on any atom is -0.443 e. The van der Waals surface area contributed by atoms with Crippen molar-refractivity contribution in [1.29, 1.82) is 0 Å². The lowest BCUT2D eigenvalue weighted by atomic mass is 10.1. The van der Waals surface area contributed by atoms with E-state index in [-0.39, 0.29) is 11.4 Å². The average Bonchev–Trinajstić information content (AvgIpc) is 2.76. The van der Waals surface area contributed by atoms with Crippen LogP contribution in [0.15, 0.2) is 41.1 Å².